The Labute approximate surface area is 188 Å². The van der Waals surface area contributed by atoms with Crippen LogP contribution in [-0.4, -0.2) is 34.0 Å². The minimum atomic E-state index is -0.575. The quantitative estimate of drug-likeness (QED) is 0.225. The molecule has 0 radical (unpaired) electrons. The van der Waals surface area contributed by atoms with Crippen LogP contribution in [0, 0.1) is 0 Å². The molecule has 4 N–H and O–H groups in total. The summed E-state index contributed by atoms with van der Waals surface area (Å²) in [5, 5.41) is 1.16. The second-order valence-corrected chi connectivity index (χ2v) is 8.59. The Hall–Kier alpha value is -3.58. The highest BCUT2D eigenvalue weighted by Gasteiger charge is 2.22. The second-order valence-electron chi connectivity index (χ2n) is 8.59. The lowest BCUT2D eigenvalue weighted by molar-refractivity contribution is -0.116. The van der Waals surface area contributed by atoms with Crippen molar-refractivity contribution in [1.82, 2.24) is 15.3 Å². The standard InChI is InChI=1S/C25H30N4O3/c1-25(2,3)32-24(31)29(15-14-20-16-27-22-7-5-4-6-21(20)22)17-19-10-8-18(9-11-19)12-13-23(30)28-26/h4-13,16,27H,14-15,17,26H2,1-3H3,(H,28,30)/b13-12+. The van der Waals surface area contributed by atoms with Gasteiger partial charge in [-0.25, -0.2) is 10.6 Å². The fourth-order valence-electron chi connectivity index (χ4n) is 3.33. The van der Waals surface area contributed by atoms with Crippen molar-refractivity contribution in [2.24, 2.45) is 5.84 Å². The number of hydrogen-bond donors (Lipinski definition) is 3. The molecule has 2 amide bonds. The van der Waals surface area contributed by atoms with Crippen molar-refractivity contribution < 1.29 is 14.3 Å². The Bertz CT molecular complexity index is 1090. The van der Waals surface area contributed by atoms with Gasteiger partial charge in [0.1, 0.15) is 5.60 Å². The van der Waals surface area contributed by atoms with Crippen molar-refractivity contribution in [3.05, 3.63) is 77.5 Å². The SMILES string of the molecule is CC(C)(C)OC(=O)N(CCc1c[nH]c2ccccc12)Cc1ccc(/C=C/C(=O)NN)cc1. The van der Waals surface area contributed by atoms with E-state index >= 15 is 0 Å². The first-order valence-electron chi connectivity index (χ1n) is 10.6. The normalized spacial score (nSPS) is 11.6. The number of nitrogens with one attached hydrogen (secondary N) is 2. The van der Waals surface area contributed by atoms with Crippen molar-refractivity contribution in [3.63, 3.8) is 0 Å². The maximum Gasteiger partial charge on any atom is 0.410 e. The molecule has 0 spiro atoms. The van der Waals surface area contributed by atoms with Gasteiger partial charge in [-0.1, -0.05) is 42.5 Å². The van der Waals surface area contributed by atoms with E-state index in [-0.39, 0.29) is 12.0 Å². The maximum atomic E-state index is 12.9. The lowest BCUT2D eigenvalue weighted by Crippen LogP contribution is -2.37. The third-order valence-corrected chi connectivity index (χ3v) is 4.90. The first-order chi connectivity index (χ1) is 15.2. The van der Waals surface area contributed by atoms with E-state index in [0.29, 0.717) is 19.5 Å². The molecule has 2 aromatic carbocycles. The topological polar surface area (TPSA) is 100 Å². The van der Waals surface area contributed by atoms with Gasteiger partial charge in [0.05, 0.1) is 0 Å². The molecule has 0 saturated carbocycles. The van der Waals surface area contributed by atoms with E-state index in [2.05, 4.69) is 16.5 Å². The smallest absolute Gasteiger partial charge is 0.410 e. The molecule has 3 aromatic rings. The number of hydrogen-bond acceptors (Lipinski definition) is 4. The number of nitrogens with two attached hydrogens (primary N) is 1. The molecule has 7 nitrogen and oxygen atoms in total. The van der Waals surface area contributed by atoms with Gasteiger partial charge in [0.15, 0.2) is 0 Å². The molecule has 0 bridgehead atoms. The van der Waals surface area contributed by atoms with E-state index in [4.69, 9.17) is 10.6 Å². The number of para-hydroxylation sites is 1. The Morgan fingerprint density at radius 3 is 2.53 bits per heavy atom. The predicted molar refractivity (Wildman–Crippen MR) is 126 cm³/mol. The van der Waals surface area contributed by atoms with Crippen LogP contribution in [0.25, 0.3) is 17.0 Å². The lowest BCUT2D eigenvalue weighted by Gasteiger charge is -2.27. The highest BCUT2D eigenvalue weighted by molar-refractivity contribution is 5.91. The largest absolute Gasteiger partial charge is 0.444 e. The van der Waals surface area contributed by atoms with Crippen LogP contribution in [0.1, 0.15) is 37.5 Å². The molecule has 0 aliphatic carbocycles. The summed E-state index contributed by atoms with van der Waals surface area (Å²) in [5.41, 5.74) is 5.55. The number of H-pyrrole nitrogens is 1. The number of nitrogens with zero attached hydrogens (tertiary/aromatic N) is 1. The molecular formula is C25H30N4O3. The summed E-state index contributed by atoms with van der Waals surface area (Å²) in [6, 6.07) is 15.8. The van der Waals surface area contributed by atoms with Crippen LogP contribution in [0.15, 0.2) is 60.8 Å². The van der Waals surface area contributed by atoms with Gasteiger partial charge in [-0.05, 0) is 56.0 Å². The highest BCUT2D eigenvalue weighted by atomic mass is 16.6. The van der Waals surface area contributed by atoms with Crippen molar-refractivity contribution in [2.75, 3.05) is 6.54 Å². The second kappa shape index (κ2) is 10.2. The Balaban J connectivity index is 1.73. The summed E-state index contributed by atoms with van der Waals surface area (Å²) in [7, 11) is 0. The number of aromatic amines is 1. The van der Waals surface area contributed by atoms with Crippen LogP contribution in [0.2, 0.25) is 0 Å². The zero-order valence-corrected chi connectivity index (χ0v) is 18.7. The average Bonchev–Trinajstić information content (AvgIpc) is 3.17. The molecule has 1 heterocycles. The molecule has 0 unspecified atom stereocenters. The van der Waals surface area contributed by atoms with Crippen molar-refractivity contribution >= 4 is 29.0 Å². The molecule has 1 aromatic heterocycles. The van der Waals surface area contributed by atoms with Crippen LogP contribution >= 0.6 is 0 Å². The summed E-state index contributed by atoms with van der Waals surface area (Å²) in [6.07, 6.45) is 5.40. The average molecular weight is 435 g/mol. The van der Waals surface area contributed by atoms with Crippen LogP contribution in [0.4, 0.5) is 4.79 Å². The van der Waals surface area contributed by atoms with Crippen LogP contribution in [-0.2, 0) is 22.5 Å². The van der Waals surface area contributed by atoms with Gasteiger partial charge in [0.2, 0.25) is 0 Å². The fraction of sp³-hybridized carbons (Fsp3) is 0.280. The summed E-state index contributed by atoms with van der Waals surface area (Å²) in [6.45, 7) is 6.53. The number of aromatic nitrogens is 1. The van der Waals surface area contributed by atoms with Gasteiger partial charge in [-0.15, -0.1) is 0 Å². The lowest BCUT2D eigenvalue weighted by atomic mass is 10.1. The minimum absolute atomic E-state index is 0.346. The van der Waals surface area contributed by atoms with E-state index in [9.17, 15) is 9.59 Å². The molecule has 168 valence electrons. The fourth-order valence-corrected chi connectivity index (χ4v) is 3.33. The van der Waals surface area contributed by atoms with E-state index in [0.717, 1.165) is 27.6 Å². The van der Waals surface area contributed by atoms with Crippen LogP contribution < -0.4 is 11.3 Å². The van der Waals surface area contributed by atoms with Gasteiger partial charge in [0, 0.05) is 36.3 Å². The predicted octanol–water partition coefficient (Wildman–Crippen LogP) is 4.15. The Morgan fingerprint density at radius 1 is 1.12 bits per heavy atom. The first-order valence-corrected chi connectivity index (χ1v) is 10.6. The summed E-state index contributed by atoms with van der Waals surface area (Å²) < 4.78 is 5.64. The molecule has 3 rings (SSSR count). The number of rotatable bonds is 7. The van der Waals surface area contributed by atoms with Gasteiger partial charge < -0.3 is 14.6 Å². The minimum Gasteiger partial charge on any atom is -0.444 e. The highest BCUT2D eigenvalue weighted by Crippen LogP contribution is 2.20. The van der Waals surface area contributed by atoms with Crippen molar-refractivity contribution in [2.45, 2.75) is 39.3 Å². The van der Waals surface area contributed by atoms with Crippen molar-refractivity contribution in [1.29, 1.82) is 0 Å². The van der Waals surface area contributed by atoms with E-state index in [1.54, 1.807) is 11.0 Å². The summed E-state index contributed by atoms with van der Waals surface area (Å²) >= 11 is 0. The number of hydrazine groups is 1. The van der Waals surface area contributed by atoms with E-state index in [1.807, 2.05) is 69.4 Å². The Kier molecular flexibility index (Phi) is 7.33. The van der Waals surface area contributed by atoms with Gasteiger partial charge >= 0.3 is 6.09 Å². The molecule has 7 heteroatoms. The molecule has 0 fully saturated rings. The van der Waals surface area contributed by atoms with Gasteiger partial charge in [-0.3, -0.25) is 10.2 Å². The number of fused-ring (bicyclic) bond motifs is 1. The van der Waals surface area contributed by atoms with Crippen LogP contribution in [0.5, 0.6) is 0 Å². The van der Waals surface area contributed by atoms with E-state index < -0.39 is 5.60 Å². The number of amides is 2. The molecule has 0 saturated heterocycles. The summed E-state index contributed by atoms with van der Waals surface area (Å²) in [5.74, 6) is 4.71. The summed E-state index contributed by atoms with van der Waals surface area (Å²) in [4.78, 5) is 29.2. The molecule has 0 aliphatic rings. The third kappa shape index (κ3) is 6.46. The number of ether oxygens (including phenoxy) is 1. The molecule has 0 aliphatic heterocycles. The van der Waals surface area contributed by atoms with Crippen LogP contribution in [0.3, 0.4) is 0 Å². The number of carbonyl (C=O) groups is 2. The third-order valence-electron chi connectivity index (χ3n) is 4.90. The Morgan fingerprint density at radius 2 is 1.84 bits per heavy atom. The number of benzene rings is 2. The first kappa shape index (κ1) is 23.1. The molecular weight excluding hydrogens is 404 g/mol. The maximum absolute atomic E-state index is 12.9. The zero-order chi connectivity index (χ0) is 23.1. The van der Waals surface area contributed by atoms with Crippen molar-refractivity contribution in [3.8, 4) is 0 Å². The van der Waals surface area contributed by atoms with Gasteiger partial charge in [0.25, 0.3) is 5.91 Å². The van der Waals surface area contributed by atoms with E-state index in [1.165, 1.54) is 6.08 Å². The monoisotopic (exact) mass is 434 g/mol. The molecule has 32 heavy (non-hydrogen) atoms. The zero-order valence-electron chi connectivity index (χ0n) is 18.7. The molecule has 0 atom stereocenters. The van der Waals surface area contributed by atoms with Gasteiger partial charge in [-0.2, -0.15) is 0 Å². The number of carbonyl (C=O) groups excluding carboxylic acids is 2.